The standard InChI is InChI=1S/C12H11N3O3/c13-11(17)7-5-10(16)15(6-7)12-14-8-3-1-2-4-9(8)18-12/h1-4,7H,5-6H2,(H2,13,17). The van der Waals surface area contributed by atoms with Gasteiger partial charge in [-0.2, -0.15) is 4.98 Å². The van der Waals surface area contributed by atoms with Gasteiger partial charge in [0, 0.05) is 13.0 Å². The van der Waals surface area contributed by atoms with Crippen molar-refractivity contribution in [1.82, 2.24) is 4.98 Å². The SMILES string of the molecule is NC(=O)C1CC(=O)N(c2nc3ccccc3o2)C1. The number of fused-ring (bicyclic) bond motifs is 1. The average Bonchev–Trinajstić information content (AvgIpc) is 2.91. The Morgan fingerprint density at radius 3 is 2.89 bits per heavy atom. The molecule has 2 heterocycles. The van der Waals surface area contributed by atoms with Gasteiger partial charge in [0.05, 0.1) is 5.92 Å². The van der Waals surface area contributed by atoms with E-state index in [1.807, 2.05) is 12.1 Å². The van der Waals surface area contributed by atoms with Crippen LogP contribution in [0.1, 0.15) is 6.42 Å². The van der Waals surface area contributed by atoms with Crippen LogP contribution in [0.4, 0.5) is 6.01 Å². The molecule has 1 atom stereocenters. The maximum Gasteiger partial charge on any atom is 0.305 e. The quantitative estimate of drug-likeness (QED) is 0.841. The Balaban J connectivity index is 1.95. The Bertz CT molecular complexity index is 601. The fourth-order valence-electron chi connectivity index (χ4n) is 2.06. The molecule has 0 spiro atoms. The molecule has 1 aliphatic rings. The van der Waals surface area contributed by atoms with Crippen LogP contribution < -0.4 is 10.6 Å². The molecule has 2 aromatic rings. The monoisotopic (exact) mass is 245 g/mol. The summed E-state index contributed by atoms with van der Waals surface area (Å²) in [5, 5.41) is 0. The van der Waals surface area contributed by atoms with E-state index >= 15 is 0 Å². The number of rotatable bonds is 2. The Morgan fingerprint density at radius 1 is 1.44 bits per heavy atom. The van der Waals surface area contributed by atoms with Crippen LogP contribution in [0.5, 0.6) is 0 Å². The third kappa shape index (κ3) is 1.62. The number of amides is 2. The zero-order valence-electron chi connectivity index (χ0n) is 9.50. The highest BCUT2D eigenvalue weighted by Gasteiger charge is 2.36. The van der Waals surface area contributed by atoms with Crippen molar-refractivity contribution in [2.75, 3.05) is 11.4 Å². The van der Waals surface area contributed by atoms with E-state index in [1.165, 1.54) is 4.90 Å². The molecule has 1 aromatic carbocycles. The van der Waals surface area contributed by atoms with Crippen molar-refractivity contribution in [2.45, 2.75) is 6.42 Å². The number of hydrogen-bond donors (Lipinski definition) is 1. The predicted molar refractivity (Wildman–Crippen MR) is 63.7 cm³/mol. The second-order valence-electron chi connectivity index (χ2n) is 4.27. The fraction of sp³-hybridized carbons (Fsp3) is 0.250. The molecule has 0 aliphatic carbocycles. The summed E-state index contributed by atoms with van der Waals surface area (Å²) in [4.78, 5) is 28.5. The normalized spacial score (nSPS) is 19.7. The van der Waals surface area contributed by atoms with Crippen LogP contribution in [0.15, 0.2) is 28.7 Å². The van der Waals surface area contributed by atoms with Crippen molar-refractivity contribution >= 4 is 28.9 Å². The number of carbonyl (C=O) groups excluding carboxylic acids is 2. The lowest BCUT2D eigenvalue weighted by Crippen LogP contribution is -2.28. The first-order chi connectivity index (χ1) is 8.65. The molecule has 0 saturated carbocycles. The Labute approximate surface area is 102 Å². The molecule has 1 unspecified atom stereocenters. The summed E-state index contributed by atoms with van der Waals surface area (Å²) in [6.07, 6.45) is 0.119. The van der Waals surface area contributed by atoms with E-state index in [0.29, 0.717) is 11.1 Å². The number of aromatic nitrogens is 1. The summed E-state index contributed by atoms with van der Waals surface area (Å²) < 4.78 is 5.49. The Kier molecular flexibility index (Phi) is 2.29. The van der Waals surface area contributed by atoms with Crippen molar-refractivity contribution in [3.63, 3.8) is 0 Å². The summed E-state index contributed by atoms with van der Waals surface area (Å²) in [5.74, 6) is -1.13. The molecule has 2 amide bonds. The van der Waals surface area contributed by atoms with E-state index in [1.54, 1.807) is 12.1 Å². The number of benzene rings is 1. The molecule has 1 saturated heterocycles. The minimum absolute atomic E-state index is 0.119. The lowest BCUT2D eigenvalue weighted by molar-refractivity contribution is -0.123. The van der Waals surface area contributed by atoms with E-state index in [2.05, 4.69) is 4.98 Å². The molecule has 1 fully saturated rings. The van der Waals surface area contributed by atoms with Crippen molar-refractivity contribution in [3.8, 4) is 0 Å². The number of hydrogen-bond acceptors (Lipinski definition) is 4. The fourth-order valence-corrected chi connectivity index (χ4v) is 2.06. The van der Waals surface area contributed by atoms with Crippen LogP contribution in [-0.2, 0) is 9.59 Å². The minimum atomic E-state index is -0.470. The van der Waals surface area contributed by atoms with Crippen LogP contribution >= 0.6 is 0 Å². The molecule has 2 N–H and O–H groups in total. The first-order valence-electron chi connectivity index (χ1n) is 5.60. The van der Waals surface area contributed by atoms with Crippen molar-refractivity contribution < 1.29 is 14.0 Å². The predicted octanol–water partition coefficient (Wildman–Crippen LogP) is 0.666. The van der Waals surface area contributed by atoms with E-state index in [-0.39, 0.29) is 24.9 Å². The molecule has 92 valence electrons. The van der Waals surface area contributed by atoms with Gasteiger partial charge in [0.15, 0.2) is 5.58 Å². The number of carbonyl (C=O) groups is 2. The van der Waals surface area contributed by atoms with Crippen LogP contribution in [0.2, 0.25) is 0 Å². The van der Waals surface area contributed by atoms with Crippen LogP contribution in [0.3, 0.4) is 0 Å². The average molecular weight is 245 g/mol. The summed E-state index contributed by atoms with van der Waals surface area (Å²) in [6, 6.07) is 7.47. The van der Waals surface area contributed by atoms with Gasteiger partial charge in [0.25, 0.3) is 0 Å². The number of anilines is 1. The van der Waals surface area contributed by atoms with Gasteiger partial charge in [-0.15, -0.1) is 0 Å². The summed E-state index contributed by atoms with van der Waals surface area (Å²) in [6.45, 7) is 0.237. The van der Waals surface area contributed by atoms with Gasteiger partial charge in [-0.1, -0.05) is 12.1 Å². The number of nitrogens with zero attached hydrogens (tertiary/aromatic N) is 2. The lowest BCUT2D eigenvalue weighted by Gasteiger charge is -2.09. The molecule has 18 heavy (non-hydrogen) atoms. The molecule has 6 nitrogen and oxygen atoms in total. The zero-order chi connectivity index (χ0) is 12.7. The van der Waals surface area contributed by atoms with E-state index in [9.17, 15) is 9.59 Å². The highest BCUT2D eigenvalue weighted by molar-refractivity contribution is 5.99. The second-order valence-corrected chi connectivity index (χ2v) is 4.27. The summed E-state index contributed by atoms with van der Waals surface area (Å²) in [5.41, 5.74) is 6.50. The number of primary amides is 1. The van der Waals surface area contributed by atoms with Gasteiger partial charge in [-0.05, 0) is 12.1 Å². The molecule has 3 rings (SSSR count). The third-order valence-corrected chi connectivity index (χ3v) is 3.04. The van der Waals surface area contributed by atoms with Crippen LogP contribution in [-0.4, -0.2) is 23.3 Å². The maximum absolute atomic E-state index is 11.8. The van der Waals surface area contributed by atoms with Crippen LogP contribution in [0, 0.1) is 5.92 Å². The molecule has 1 aromatic heterocycles. The third-order valence-electron chi connectivity index (χ3n) is 3.04. The number of oxazole rings is 1. The smallest absolute Gasteiger partial charge is 0.305 e. The van der Waals surface area contributed by atoms with Gasteiger partial charge in [-0.3, -0.25) is 14.5 Å². The molecular formula is C12H11N3O3. The topological polar surface area (TPSA) is 89.4 Å². The van der Waals surface area contributed by atoms with Gasteiger partial charge in [0.2, 0.25) is 11.8 Å². The highest BCUT2D eigenvalue weighted by atomic mass is 16.4. The van der Waals surface area contributed by atoms with E-state index in [4.69, 9.17) is 10.2 Å². The molecule has 0 radical (unpaired) electrons. The first kappa shape index (κ1) is 10.8. The van der Waals surface area contributed by atoms with Gasteiger partial charge in [0.1, 0.15) is 5.52 Å². The molecule has 6 heteroatoms. The summed E-state index contributed by atoms with van der Waals surface area (Å²) >= 11 is 0. The van der Waals surface area contributed by atoms with Gasteiger partial charge in [-0.25, -0.2) is 0 Å². The number of para-hydroxylation sites is 2. The van der Waals surface area contributed by atoms with E-state index in [0.717, 1.165) is 0 Å². The maximum atomic E-state index is 11.8. The van der Waals surface area contributed by atoms with Crippen molar-refractivity contribution in [2.24, 2.45) is 11.7 Å². The van der Waals surface area contributed by atoms with E-state index < -0.39 is 11.8 Å². The lowest BCUT2D eigenvalue weighted by atomic mass is 10.1. The molecular weight excluding hydrogens is 234 g/mol. The largest absolute Gasteiger partial charge is 0.423 e. The van der Waals surface area contributed by atoms with Crippen molar-refractivity contribution in [1.29, 1.82) is 0 Å². The van der Waals surface area contributed by atoms with Gasteiger partial charge < -0.3 is 10.2 Å². The van der Waals surface area contributed by atoms with Crippen LogP contribution in [0.25, 0.3) is 11.1 Å². The minimum Gasteiger partial charge on any atom is -0.423 e. The molecule has 0 bridgehead atoms. The van der Waals surface area contributed by atoms with Gasteiger partial charge >= 0.3 is 6.01 Å². The Morgan fingerprint density at radius 2 is 2.22 bits per heavy atom. The second kappa shape index (κ2) is 3.83. The molecule has 1 aliphatic heterocycles. The summed E-state index contributed by atoms with van der Waals surface area (Å²) in [7, 11) is 0. The number of nitrogens with two attached hydrogens (primary N) is 1. The zero-order valence-corrected chi connectivity index (χ0v) is 9.50. The Hall–Kier alpha value is -2.37. The highest BCUT2D eigenvalue weighted by Crippen LogP contribution is 2.27. The van der Waals surface area contributed by atoms with Crippen molar-refractivity contribution in [3.05, 3.63) is 24.3 Å². The first-order valence-corrected chi connectivity index (χ1v) is 5.60.